The molecule has 2 aromatic carbocycles. The summed E-state index contributed by atoms with van der Waals surface area (Å²) in [5.41, 5.74) is 2.00. The highest BCUT2D eigenvalue weighted by Gasteiger charge is 2.21. The number of ether oxygens (including phenoxy) is 1. The van der Waals surface area contributed by atoms with Crippen molar-refractivity contribution >= 4 is 5.91 Å². The third-order valence-corrected chi connectivity index (χ3v) is 4.15. The van der Waals surface area contributed by atoms with E-state index in [0.29, 0.717) is 26.1 Å². The lowest BCUT2D eigenvalue weighted by atomic mass is 9.88. The molecule has 0 aromatic heterocycles. The molecule has 24 heavy (non-hydrogen) atoms. The molecular weight excluding hydrogens is 305 g/mol. The second-order valence-corrected chi connectivity index (χ2v) is 5.69. The summed E-state index contributed by atoms with van der Waals surface area (Å²) >= 11 is 0. The van der Waals surface area contributed by atoms with E-state index in [1.807, 2.05) is 37.3 Å². The molecule has 4 heteroatoms. The van der Waals surface area contributed by atoms with E-state index in [2.05, 4.69) is 0 Å². The number of hydrogen-bond acceptors (Lipinski definition) is 2. The van der Waals surface area contributed by atoms with Crippen molar-refractivity contribution in [1.29, 1.82) is 0 Å². The van der Waals surface area contributed by atoms with Gasteiger partial charge in [-0.05, 0) is 30.2 Å². The predicted octanol–water partition coefficient (Wildman–Crippen LogP) is 3.84. The van der Waals surface area contributed by atoms with Crippen molar-refractivity contribution < 1.29 is 13.9 Å². The molecule has 0 spiro atoms. The number of methoxy groups -OCH3 is 1. The summed E-state index contributed by atoms with van der Waals surface area (Å²) in [7, 11) is 1.63. The van der Waals surface area contributed by atoms with Gasteiger partial charge in [-0.3, -0.25) is 4.79 Å². The fraction of sp³-hybridized carbons (Fsp3) is 0.350. The highest BCUT2D eigenvalue weighted by atomic mass is 19.1. The normalized spacial score (nSPS) is 12.0. The quantitative estimate of drug-likeness (QED) is 0.736. The number of carbonyl (C=O) groups excluding carboxylic acids is 1. The highest BCUT2D eigenvalue weighted by Crippen LogP contribution is 2.28. The summed E-state index contributed by atoms with van der Waals surface area (Å²) in [6.45, 7) is 3.71. The van der Waals surface area contributed by atoms with Gasteiger partial charge in [0.2, 0.25) is 5.91 Å². The largest absolute Gasteiger partial charge is 0.383 e. The molecule has 1 amide bonds. The van der Waals surface area contributed by atoms with Crippen LogP contribution in [0.4, 0.5) is 4.39 Å². The van der Waals surface area contributed by atoms with Crippen LogP contribution in [0.2, 0.25) is 0 Å². The van der Waals surface area contributed by atoms with Gasteiger partial charge in [-0.2, -0.15) is 0 Å². The summed E-state index contributed by atoms with van der Waals surface area (Å²) in [5, 5.41) is 0. The van der Waals surface area contributed by atoms with Crippen LogP contribution in [-0.4, -0.2) is 37.6 Å². The molecule has 2 rings (SSSR count). The van der Waals surface area contributed by atoms with Gasteiger partial charge in [0, 0.05) is 32.5 Å². The molecule has 0 bridgehead atoms. The van der Waals surface area contributed by atoms with E-state index in [1.54, 1.807) is 24.1 Å². The minimum Gasteiger partial charge on any atom is -0.383 e. The molecule has 0 N–H and O–H groups in total. The zero-order valence-corrected chi connectivity index (χ0v) is 14.2. The summed E-state index contributed by atoms with van der Waals surface area (Å²) in [6.07, 6.45) is 0.354. The molecule has 0 aliphatic rings. The molecule has 0 fully saturated rings. The van der Waals surface area contributed by atoms with Gasteiger partial charge in [0.25, 0.3) is 0 Å². The molecule has 2 aromatic rings. The second-order valence-electron chi connectivity index (χ2n) is 5.69. The maximum Gasteiger partial charge on any atom is 0.223 e. The summed E-state index contributed by atoms with van der Waals surface area (Å²) < 4.78 is 18.3. The first-order valence-electron chi connectivity index (χ1n) is 8.22. The van der Waals surface area contributed by atoms with Gasteiger partial charge in [0.1, 0.15) is 5.82 Å². The van der Waals surface area contributed by atoms with Crippen molar-refractivity contribution in [1.82, 2.24) is 4.90 Å². The fourth-order valence-corrected chi connectivity index (χ4v) is 2.77. The minimum atomic E-state index is -0.271. The Morgan fingerprint density at radius 2 is 1.71 bits per heavy atom. The lowest BCUT2D eigenvalue weighted by Gasteiger charge is -2.24. The SMILES string of the molecule is CCN(CCOC)C(=O)CC(c1ccccc1)c1ccc(F)cc1. The molecule has 3 nitrogen and oxygen atoms in total. The maximum atomic E-state index is 13.2. The maximum absolute atomic E-state index is 13.2. The molecule has 0 aliphatic heterocycles. The average Bonchev–Trinajstić information content (AvgIpc) is 2.62. The standard InChI is InChI=1S/C20H24FNO2/c1-3-22(13-14-24-2)20(23)15-19(16-7-5-4-6-8-16)17-9-11-18(21)12-10-17/h4-12,19H,3,13-15H2,1-2H3. The number of hydrogen-bond donors (Lipinski definition) is 0. The molecule has 1 atom stereocenters. The lowest BCUT2D eigenvalue weighted by Crippen LogP contribution is -2.34. The Labute approximate surface area is 143 Å². The first-order valence-corrected chi connectivity index (χ1v) is 8.22. The predicted molar refractivity (Wildman–Crippen MR) is 93.4 cm³/mol. The minimum absolute atomic E-state index is 0.0766. The first-order chi connectivity index (χ1) is 11.7. The van der Waals surface area contributed by atoms with Crippen LogP contribution in [0.15, 0.2) is 54.6 Å². The average molecular weight is 329 g/mol. The van der Waals surface area contributed by atoms with Gasteiger partial charge >= 0.3 is 0 Å². The van der Waals surface area contributed by atoms with Crippen molar-refractivity contribution in [3.63, 3.8) is 0 Å². The Hall–Kier alpha value is -2.20. The van der Waals surface area contributed by atoms with Crippen LogP contribution in [-0.2, 0) is 9.53 Å². The van der Waals surface area contributed by atoms with Crippen LogP contribution in [0, 0.1) is 5.82 Å². The van der Waals surface area contributed by atoms with E-state index >= 15 is 0 Å². The monoisotopic (exact) mass is 329 g/mol. The van der Waals surface area contributed by atoms with E-state index in [-0.39, 0.29) is 17.6 Å². The topological polar surface area (TPSA) is 29.5 Å². The smallest absolute Gasteiger partial charge is 0.223 e. The Kier molecular flexibility index (Phi) is 6.94. The van der Waals surface area contributed by atoms with Gasteiger partial charge < -0.3 is 9.64 Å². The van der Waals surface area contributed by atoms with Crippen LogP contribution in [0.1, 0.15) is 30.4 Å². The number of benzene rings is 2. The number of halogens is 1. The first kappa shape index (κ1) is 18.1. The van der Waals surface area contributed by atoms with E-state index in [1.165, 1.54) is 12.1 Å². The number of amides is 1. The van der Waals surface area contributed by atoms with Gasteiger partial charge in [-0.25, -0.2) is 4.39 Å². The van der Waals surface area contributed by atoms with Crippen molar-refractivity contribution in [2.75, 3.05) is 26.8 Å². The Bertz CT molecular complexity index is 628. The van der Waals surface area contributed by atoms with Crippen molar-refractivity contribution in [3.05, 3.63) is 71.5 Å². The number of likely N-dealkylation sites (N-methyl/N-ethyl adjacent to an activating group) is 1. The third kappa shape index (κ3) is 4.90. The summed E-state index contributed by atoms with van der Waals surface area (Å²) in [4.78, 5) is 14.5. The number of nitrogens with zero attached hydrogens (tertiary/aromatic N) is 1. The zero-order chi connectivity index (χ0) is 17.4. The zero-order valence-electron chi connectivity index (χ0n) is 14.2. The van der Waals surface area contributed by atoms with Gasteiger partial charge in [-0.15, -0.1) is 0 Å². The lowest BCUT2D eigenvalue weighted by molar-refractivity contribution is -0.131. The number of rotatable bonds is 8. The van der Waals surface area contributed by atoms with E-state index < -0.39 is 0 Å². The molecule has 0 radical (unpaired) electrons. The van der Waals surface area contributed by atoms with E-state index in [4.69, 9.17) is 4.74 Å². The molecule has 0 saturated carbocycles. The summed E-state index contributed by atoms with van der Waals surface area (Å²) in [6, 6.07) is 16.3. The Morgan fingerprint density at radius 3 is 2.29 bits per heavy atom. The van der Waals surface area contributed by atoms with Crippen LogP contribution in [0.3, 0.4) is 0 Å². The fourth-order valence-electron chi connectivity index (χ4n) is 2.77. The molecule has 128 valence electrons. The molecule has 0 saturated heterocycles. The molecule has 0 heterocycles. The second kappa shape index (κ2) is 9.18. The Balaban J connectivity index is 2.23. The third-order valence-electron chi connectivity index (χ3n) is 4.15. The molecule has 1 unspecified atom stereocenters. The summed E-state index contributed by atoms with van der Waals surface area (Å²) in [5.74, 6) is -0.282. The van der Waals surface area contributed by atoms with Crippen LogP contribution < -0.4 is 0 Å². The van der Waals surface area contributed by atoms with Gasteiger partial charge in [0.15, 0.2) is 0 Å². The van der Waals surface area contributed by atoms with Crippen LogP contribution in [0.25, 0.3) is 0 Å². The van der Waals surface area contributed by atoms with Gasteiger partial charge in [-0.1, -0.05) is 42.5 Å². The van der Waals surface area contributed by atoms with Crippen molar-refractivity contribution in [2.45, 2.75) is 19.3 Å². The highest BCUT2D eigenvalue weighted by molar-refractivity contribution is 5.77. The molecular formula is C20H24FNO2. The van der Waals surface area contributed by atoms with E-state index in [0.717, 1.165) is 11.1 Å². The van der Waals surface area contributed by atoms with E-state index in [9.17, 15) is 9.18 Å². The molecule has 0 aliphatic carbocycles. The Morgan fingerprint density at radius 1 is 1.08 bits per heavy atom. The van der Waals surface area contributed by atoms with Crippen molar-refractivity contribution in [2.24, 2.45) is 0 Å². The van der Waals surface area contributed by atoms with Crippen LogP contribution >= 0.6 is 0 Å². The van der Waals surface area contributed by atoms with Crippen LogP contribution in [0.5, 0.6) is 0 Å². The number of carbonyl (C=O) groups is 1. The van der Waals surface area contributed by atoms with Gasteiger partial charge in [0.05, 0.1) is 6.61 Å². The van der Waals surface area contributed by atoms with Crippen molar-refractivity contribution in [3.8, 4) is 0 Å².